The number of halogens is 2. The Morgan fingerprint density at radius 2 is 2.35 bits per heavy atom. The largest absolute Gasteiger partial charge is 0.478 e. The summed E-state index contributed by atoms with van der Waals surface area (Å²) in [5.41, 5.74) is 0.280. The highest BCUT2D eigenvalue weighted by Crippen LogP contribution is 2.27. The van der Waals surface area contributed by atoms with Gasteiger partial charge in [-0.2, -0.15) is 0 Å². The Bertz CT molecular complexity index is 510. The Morgan fingerprint density at radius 3 is 2.95 bits per heavy atom. The molecule has 110 valence electrons. The van der Waals surface area contributed by atoms with E-state index in [-0.39, 0.29) is 10.0 Å². The minimum absolute atomic E-state index is 0.00314. The lowest BCUT2D eigenvalue weighted by Gasteiger charge is -2.15. The zero-order chi connectivity index (χ0) is 14.7. The summed E-state index contributed by atoms with van der Waals surface area (Å²) in [6.45, 7) is 6.00. The molecule has 1 fully saturated rings. The topological polar surface area (TPSA) is 52.6 Å². The molecule has 1 heterocycles. The molecule has 2 N–H and O–H groups in total. The van der Waals surface area contributed by atoms with E-state index in [9.17, 15) is 9.18 Å². The van der Waals surface area contributed by atoms with Crippen molar-refractivity contribution in [2.45, 2.75) is 13.3 Å². The van der Waals surface area contributed by atoms with Gasteiger partial charge in [0.1, 0.15) is 0 Å². The number of rotatable bonds is 5. The van der Waals surface area contributed by atoms with E-state index in [1.54, 1.807) is 0 Å². The van der Waals surface area contributed by atoms with Gasteiger partial charge in [-0.3, -0.25) is 0 Å². The third-order valence-electron chi connectivity index (χ3n) is 3.71. The minimum Gasteiger partial charge on any atom is -0.478 e. The molecule has 0 saturated carbocycles. The average molecular weight is 345 g/mol. The lowest BCUT2D eigenvalue weighted by molar-refractivity contribution is 0.0695. The molecule has 1 aliphatic heterocycles. The number of aromatic carboxylic acids is 1. The first-order chi connectivity index (χ1) is 9.52. The SMILES string of the molecule is CCN1CCC(CNc2ccc(C(=O)O)c(Br)c2F)C1. The van der Waals surface area contributed by atoms with Crippen LogP contribution in [0.25, 0.3) is 0 Å². The molecule has 1 aromatic carbocycles. The highest BCUT2D eigenvalue weighted by molar-refractivity contribution is 9.10. The molecule has 20 heavy (non-hydrogen) atoms. The predicted octanol–water partition coefficient (Wildman–Crippen LogP) is 3.04. The number of carboxylic acid groups (broad SMARTS) is 1. The normalized spacial score (nSPS) is 19.2. The molecular weight excluding hydrogens is 327 g/mol. The van der Waals surface area contributed by atoms with Gasteiger partial charge in [-0.1, -0.05) is 6.92 Å². The van der Waals surface area contributed by atoms with Crippen LogP contribution in [0.4, 0.5) is 10.1 Å². The van der Waals surface area contributed by atoms with E-state index >= 15 is 0 Å². The fourth-order valence-electron chi connectivity index (χ4n) is 2.47. The van der Waals surface area contributed by atoms with Gasteiger partial charge in [0.2, 0.25) is 0 Å². The maximum Gasteiger partial charge on any atom is 0.336 e. The second-order valence-corrected chi connectivity index (χ2v) is 5.82. The van der Waals surface area contributed by atoms with E-state index < -0.39 is 11.8 Å². The molecule has 1 unspecified atom stereocenters. The second kappa shape index (κ2) is 6.54. The van der Waals surface area contributed by atoms with Gasteiger partial charge in [0, 0.05) is 13.1 Å². The first-order valence-corrected chi connectivity index (χ1v) is 7.49. The molecule has 2 rings (SSSR count). The molecule has 1 aliphatic rings. The van der Waals surface area contributed by atoms with Crippen LogP contribution in [0.15, 0.2) is 16.6 Å². The fourth-order valence-corrected chi connectivity index (χ4v) is 2.99. The third-order valence-corrected chi connectivity index (χ3v) is 4.49. The van der Waals surface area contributed by atoms with Crippen molar-refractivity contribution in [1.82, 2.24) is 4.90 Å². The van der Waals surface area contributed by atoms with Gasteiger partial charge in [-0.15, -0.1) is 0 Å². The molecule has 0 amide bonds. The van der Waals surface area contributed by atoms with E-state index in [1.807, 2.05) is 0 Å². The lowest BCUT2D eigenvalue weighted by atomic mass is 10.1. The Hall–Kier alpha value is -1.14. The lowest BCUT2D eigenvalue weighted by Crippen LogP contribution is -2.22. The van der Waals surface area contributed by atoms with Crippen LogP contribution in [0.5, 0.6) is 0 Å². The van der Waals surface area contributed by atoms with Crippen molar-refractivity contribution < 1.29 is 14.3 Å². The van der Waals surface area contributed by atoms with E-state index in [1.165, 1.54) is 12.1 Å². The van der Waals surface area contributed by atoms with Crippen molar-refractivity contribution in [3.63, 3.8) is 0 Å². The van der Waals surface area contributed by atoms with Crippen molar-refractivity contribution in [2.75, 3.05) is 31.5 Å². The minimum atomic E-state index is -1.14. The van der Waals surface area contributed by atoms with E-state index in [2.05, 4.69) is 33.1 Å². The average Bonchev–Trinajstić information content (AvgIpc) is 2.88. The summed E-state index contributed by atoms with van der Waals surface area (Å²) in [6.07, 6.45) is 1.11. The third kappa shape index (κ3) is 3.30. The number of likely N-dealkylation sites (tertiary alicyclic amines) is 1. The van der Waals surface area contributed by atoms with Gasteiger partial charge >= 0.3 is 5.97 Å². The summed E-state index contributed by atoms with van der Waals surface area (Å²) in [4.78, 5) is 13.3. The highest BCUT2D eigenvalue weighted by Gasteiger charge is 2.22. The van der Waals surface area contributed by atoms with Crippen LogP contribution in [0.1, 0.15) is 23.7 Å². The molecule has 0 radical (unpaired) electrons. The first kappa shape index (κ1) is 15.3. The molecule has 4 nitrogen and oxygen atoms in total. The van der Waals surface area contributed by atoms with Crippen molar-refractivity contribution >= 4 is 27.6 Å². The summed E-state index contributed by atoms with van der Waals surface area (Å²) in [7, 11) is 0. The van der Waals surface area contributed by atoms with Gasteiger partial charge in [0.05, 0.1) is 15.7 Å². The van der Waals surface area contributed by atoms with Gasteiger partial charge in [0.15, 0.2) is 5.82 Å². The number of hydrogen-bond donors (Lipinski definition) is 2. The van der Waals surface area contributed by atoms with E-state index in [0.29, 0.717) is 18.2 Å². The number of hydrogen-bond acceptors (Lipinski definition) is 3. The maximum atomic E-state index is 14.1. The van der Waals surface area contributed by atoms with Crippen molar-refractivity contribution in [3.8, 4) is 0 Å². The molecule has 1 atom stereocenters. The zero-order valence-electron chi connectivity index (χ0n) is 11.3. The van der Waals surface area contributed by atoms with E-state index in [4.69, 9.17) is 5.11 Å². The monoisotopic (exact) mass is 344 g/mol. The van der Waals surface area contributed by atoms with Crippen molar-refractivity contribution in [1.29, 1.82) is 0 Å². The molecule has 6 heteroatoms. The fraction of sp³-hybridized carbons (Fsp3) is 0.500. The van der Waals surface area contributed by atoms with Gasteiger partial charge in [-0.25, -0.2) is 9.18 Å². The standard InChI is InChI=1S/C14H18BrFN2O2/c1-2-18-6-5-9(8-18)7-17-11-4-3-10(14(19)20)12(15)13(11)16/h3-4,9,17H,2,5-8H2,1H3,(H,19,20). The van der Waals surface area contributed by atoms with Crippen LogP contribution in [-0.4, -0.2) is 42.2 Å². The van der Waals surface area contributed by atoms with Crippen LogP contribution in [0.2, 0.25) is 0 Å². The number of benzene rings is 1. The summed E-state index contributed by atoms with van der Waals surface area (Å²) in [5, 5.41) is 12.0. The van der Waals surface area contributed by atoms with E-state index in [0.717, 1.165) is 26.1 Å². The van der Waals surface area contributed by atoms with Crippen molar-refractivity contribution in [3.05, 3.63) is 28.0 Å². The number of nitrogens with zero attached hydrogens (tertiary/aromatic N) is 1. The maximum absolute atomic E-state index is 14.1. The quantitative estimate of drug-likeness (QED) is 0.861. The summed E-state index contributed by atoms with van der Waals surface area (Å²) in [5.74, 6) is -1.18. The van der Waals surface area contributed by atoms with Gasteiger partial charge in [-0.05, 0) is 53.5 Å². The highest BCUT2D eigenvalue weighted by atomic mass is 79.9. The Kier molecular flexibility index (Phi) is 4.99. The summed E-state index contributed by atoms with van der Waals surface area (Å²) >= 11 is 3.00. The zero-order valence-corrected chi connectivity index (χ0v) is 12.9. The van der Waals surface area contributed by atoms with Crippen LogP contribution in [0.3, 0.4) is 0 Å². The number of carbonyl (C=O) groups is 1. The van der Waals surface area contributed by atoms with Gasteiger partial charge < -0.3 is 15.3 Å². The van der Waals surface area contributed by atoms with Crippen LogP contribution >= 0.6 is 15.9 Å². The predicted molar refractivity (Wildman–Crippen MR) is 79.8 cm³/mol. The molecule has 0 spiro atoms. The van der Waals surface area contributed by atoms with Gasteiger partial charge in [0.25, 0.3) is 0 Å². The van der Waals surface area contributed by atoms with Crippen molar-refractivity contribution in [2.24, 2.45) is 5.92 Å². The number of anilines is 1. The Balaban J connectivity index is 2.00. The molecular formula is C14H18BrFN2O2. The Labute approximate surface area is 126 Å². The molecule has 0 bridgehead atoms. The summed E-state index contributed by atoms with van der Waals surface area (Å²) in [6, 6.07) is 2.89. The number of nitrogens with one attached hydrogen (secondary N) is 1. The summed E-state index contributed by atoms with van der Waals surface area (Å²) < 4.78 is 14.1. The van der Waals surface area contributed by atoms with Crippen LogP contribution in [0, 0.1) is 11.7 Å². The number of carboxylic acids is 1. The van der Waals surface area contributed by atoms with Crippen LogP contribution < -0.4 is 5.32 Å². The second-order valence-electron chi connectivity index (χ2n) is 5.02. The smallest absolute Gasteiger partial charge is 0.336 e. The molecule has 0 aliphatic carbocycles. The van der Waals surface area contributed by atoms with Crippen LogP contribution in [-0.2, 0) is 0 Å². The molecule has 1 aromatic rings. The molecule has 0 aromatic heterocycles. The first-order valence-electron chi connectivity index (χ1n) is 6.70. The molecule has 1 saturated heterocycles. The Morgan fingerprint density at radius 1 is 1.60 bits per heavy atom.